The van der Waals surface area contributed by atoms with Gasteiger partial charge in [-0.3, -0.25) is 4.79 Å². The Morgan fingerprint density at radius 2 is 1.58 bits per heavy atom. The molecule has 5 nitrogen and oxygen atoms in total. The van der Waals surface area contributed by atoms with Crippen molar-refractivity contribution in [3.05, 3.63) is 126 Å². The minimum absolute atomic E-state index is 0.309. The highest BCUT2D eigenvalue weighted by Crippen LogP contribution is 2.32. The van der Waals surface area contributed by atoms with E-state index in [9.17, 15) is 9.90 Å². The molecule has 1 aliphatic heterocycles. The normalized spacial score (nSPS) is 15.8. The van der Waals surface area contributed by atoms with E-state index >= 15 is 0 Å². The highest BCUT2D eigenvalue weighted by atomic mass is 16.5. The van der Waals surface area contributed by atoms with Crippen LogP contribution in [0.25, 0.3) is 10.8 Å². The van der Waals surface area contributed by atoms with Crippen molar-refractivity contribution in [2.75, 3.05) is 0 Å². The number of ether oxygens (including phenoxy) is 1. The van der Waals surface area contributed by atoms with Crippen LogP contribution < -0.4 is 10.1 Å². The summed E-state index contributed by atoms with van der Waals surface area (Å²) >= 11 is 0. The Morgan fingerprint density at radius 1 is 0.848 bits per heavy atom. The summed E-state index contributed by atoms with van der Waals surface area (Å²) in [5.41, 5.74) is 2.89. The molecule has 0 bridgehead atoms. The SMILES string of the molecule is O=C1C(O)=CNC(c2ccccc2OCc2cccc3ccccc23)N1Cc1ccccc1. The molecule has 0 aromatic heterocycles. The first-order chi connectivity index (χ1) is 16.2. The first-order valence-electron chi connectivity index (χ1n) is 10.9. The van der Waals surface area contributed by atoms with Crippen LogP contribution in [-0.4, -0.2) is 15.9 Å². The van der Waals surface area contributed by atoms with Crippen LogP contribution in [0.3, 0.4) is 0 Å². The maximum Gasteiger partial charge on any atom is 0.292 e. The lowest BCUT2D eigenvalue weighted by Gasteiger charge is -2.35. The number of amides is 1. The number of rotatable bonds is 6. The minimum atomic E-state index is -0.475. The molecule has 4 aromatic carbocycles. The van der Waals surface area contributed by atoms with Gasteiger partial charge in [0.05, 0.1) is 0 Å². The first-order valence-corrected chi connectivity index (χ1v) is 10.9. The second kappa shape index (κ2) is 9.09. The Bertz CT molecular complexity index is 1310. The minimum Gasteiger partial charge on any atom is -0.502 e. The van der Waals surface area contributed by atoms with Crippen LogP contribution in [0.5, 0.6) is 5.75 Å². The maximum atomic E-state index is 12.9. The monoisotopic (exact) mass is 436 g/mol. The van der Waals surface area contributed by atoms with Crippen molar-refractivity contribution in [3.8, 4) is 5.75 Å². The number of para-hydroxylation sites is 1. The Kier molecular flexibility index (Phi) is 5.68. The summed E-state index contributed by atoms with van der Waals surface area (Å²) in [4.78, 5) is 14.5. The zero-order chi connectivity index (χ0) is 22.6. The molecule has 0 radical (unpaired) electrons. The van der Waals surface area contributed by atoms with Crippen molar-refractivity contribution in [1.82, 2.24) is 10.2 Å². The molecule has 0 spiro atoms. The fourth-order valence-electron chi connectivity index (χ4n) is 4.19. The van der Waals surface area contributed by atoms with E-state index in [2.05, 4.69) is 29.6 Å². The van der Waals surface area contributed by atoms with E-state index in [-0.39, 0.29) is 5.76 Å². The molecule has 1 amide bonds. The molecule has 1 aliphatic rings. The molecule has 164 valence electrons. The number of nitrogens with one attached hydrogen (secondary N) is 1. The quantitative estimate of drug-likeness (QED) is 0.422. The number of nitrogens with zero attached hydrogens (tertiary/aromatic N) is 1. The number of carbonyl (C=O) groups excluding carboxylic acids is 1. The van der Waals surface area contributed by atoms with Crippen molar-refractivity contribution < 1.29 is 14.6 Å². The Labute approximate surface area is 192 Å². The number of fused-ring (bicyclic) bond motifs is 1. The van der Waals surface area contributed by atoms with Crippen LogP contribution in [0.1, 0.15) is 22.9 Å². The predicted molar refractivity (Wildman–Crippen MR) is 128 cm³/mol. The fraction of sp³-hybridized carbons (Fsp3) is 0.107. The van der Waals surface area contributed by atoms with Crippen molar-refractivity contribution in [3.63, 3.8) is 0 Å². The van der Waals surface area contributed by atoms with E-state index in [1.165, 1.54) is 11.6 Å². The van der Waals surface area contributed by atoms with Gasteiger partial charge in [-0.25, -0.2) is 0 Å². The van der Waals surface area contributed by atoms with Gasteiger partial charge in [-0.2, -0.15) is 0 Å². The van der Waals surface area contributed by atoms with Gasteiger partial charge in [0.1, 0.15) is 18.5 Å². The zero-order valence-electron chi connectivity index (χ0n) is 18.0. The number of aliphatic hydroxyl groups excluding tert-OH is 1. The molecule has 1 unspecified atom stereocenters. The zero-order valence-corrected chi connectivity index (χ0v) is 18.0. The second-order valence-electron chi connectivity index (χ2n) is 7.98. The smallest absolute Gasteiger partial charge is 0.292 e. The van der Waals surface area contributed by atoms with E-state index in [0.29, 0.717) is 18.9 Å². The van der Waals surface area contributed by atoms with Crippen LogP contribution in [0.15, 0.2) is 109 Å². The standard InChI is InChI=1S/C28H24N2O3/c31-25-17-29-27(30(28(25)32)18-20-9-2-1-3-10-20)24-15-6-7-16-26(24)33-19-22-13-8-12-21-11-4-5-14-23(21)22/h1-17,27,29,31H,18-19H2. The third-order valence-corrected chi connectivity index (χ3v) is 5.84. The molecule has 2 N–H and O–H groups in total. The van der Waals surface area contributed by atoms with Crippen LogP contribution in [0.2, 0.25) is 0 Å². The largest absolute Gasteiger partial charge is 0.502 e. The molecular weight excluding hydrogens is 412 g/mol. The van der Waals surface area contributed by atoms with Gasteiger partial charge in [-0.05, 0) is 28.0 Å². The summed E-state index contributed by atoms with van der Waals surface area (Å²) in [5.74, 6) is -0.0496. The van der Waals surface area contributed by atoms with Crippen molar-refractivity contribution in [1.29, 1.82) is 0 Å². The van der Waals surface area contributed by atoms with E-state index in [1.54, 1.807) is 4.90 Å². The van der Waals surface area contributed by atoms with Gasteiger partial charge in [0.2, 0.25) is 0 Å². The molecule has 1 atom stereocenters. The molecule has 5 rings (SSSR count). The Hall–Kier alpha value is -4.25. The van der Waals surface area contributed by atoms with Gasteiger partial charge < -0.3 is 20.1 Å². The predicted octanol–water partition coefficient (Wildman–Crippen LogP) is 5.45. The highest BCUT2D eigenvalue weighted by molar-refractivity contribution is 5.92. The van der Waals surface area contributed by atoms with Gasteiger partial charge in [0.25, 0.3) is 5.91 Å². The molecule has 0 fully saturated rings. The number of carbonyl (C=O) groups is 1. The Balaban J connectivity index is 1.44. The molecular formula is C28H24N2O3. The van der Waals surface area contributed by atoms with E-state index in [4.69, 9.17) is 4.74 Å². The molecule has 0 saturated heterocycles. The topological polar surface area (TPSA) is 61.8 Å². The molecule has 5 heteroatoms. The molecule has 0 aliphatic carbocycles. The van der Waals surface area contributed by atoms with E-state index < -0.39 is 12.1 Å². The van der Waals surface area contributed by atoms with Gasteiger partial charge >= 0.3 is 0 Å². The summed E-state index contributed by atoms with van der Waals surface area (Å²) in [6, 6.07) is 31.8. The van der Waals surface area contributed by atoms with Crippen LogP contribution >= 0.6 is 0 Å². The van der Waals surface area contributed by atoms with Crippen LogP contribution in [0, 0.1) is 0 Å². The number of hydrogen-bond donors (Lipinski definition) is 2. The van der Waals surface area contributed by atoms with Crippen molar-refractivity contribution >= 4 is 16.7 Å². The van der Waals surface area contributed by atoms with Gasteiger partial charge in [0, 0.05) is 18.3 Å². The lowest BCUT2D eigenvalue weighted by Crippen LogP contribution is -2.45. The number of hydrogen-bond acceptors (Lipinski definition) is 4. The lowest BCUT2D eigenvalue weighted by atomic mass is 10.0. The molecule has 4 aromatic rings. The average molecular weight is 437 g/mol. The first kappa shape index (κ1) is 20.6. The maximum absolute atomic E-state index is 12.9. The summed E-state index contributed by atoms with van der Waals surface area (Å²) in [7, 11) is 0. The third-order valence-electron chi connectivity index (χ3n) is 5.84. The summed E-state index contributed by atoms with van der Waals surface area (Å²) in [6.07, 6.45) is 0.882. The van der Waals surface area contributed by atoms with Crippen molar-refractivity contribution in [2.24, 2.45) is 0 Å². The summed E-state index contributed by atoms with van der Waals surface area (Å²) in [6.45, 7) is 0.756. The molecule has 33 heavy (non-hydrogen) atoms. The highest BCUT2D eigenvalue weighted by Gasteiger charge is 2.32. The van der Waals surface area contributed by atoms with E-state index in [1.807, 2.05) is 72.8 Å². The third kappa shape index (κ3) is 4.26. The Morgan fingerprint density at radius 3 is 2.45 bits per heavy atom. The van der Waals surface area contributed by atoms with Gasteiger partial charge in [0.15, 0.2) is 5.76 Å². The van der Waals surface area contributed by atoms with Gasteiger partial charge in [-0.15, -0.1) is 0 Å². The van der Waals surface area contributed by atoms with Crippen LogP contribution in [0.4, 0.5) is 0 Å². The van der Waals surface area contributed by atoms with Crippen molar-refractivity contribution in [2.45, 2.75) is 19.3 Å². The van der Waals surface area contributed by atoms with Gasteiger partial charge in [-0.1, -0.05) is 91.0 Å². The summed E-state index contributed by atoms with van der Waals surface area (Å²) in [5, 5.41) is 15.6. The fourth-order valence-corrected chi connectivity index (χ4v) is 4.19. The number of aliphatic hydroxyl groups is 1. The lowest BCUT2D eigenvalue weighted by molar-refractivity contribution is -0.135. The van der Waals surface area contributed by atoms with Crippen LogP contribution in [-0.2, 0) is 17.9 Å². The number of benzene rings is 4. The molecule has 0 saturated carbocycles. The average Bonchev–Trinajstić information content (AvgIpc) is 2.86. The second-order valence-corrected chi connectivity index (χ2v) is 7.98. The van der Waals surface area contributed by atoms with E-state index in [0.717, 1.165) is 22.1 Å². The molecule has 1 heterocycles. The summed E-state index contributed by atoms with van der Waals surface area (Å²) < 4.78 is 6.28.